The van der Waals surface area contributed by atoms with Crippen LogP contribution in [0.5, 0.6) is 0 Å². The molecule has 1 aromatic carbocycles. The normalized spacial score (nSPS) is 10.1. The van der Waals surface area contributed by atoms with Crippen molar-refractivity contribution in [2.45, 2.75) is 26.2 Å². The Morgan fingerprint density at radius 3 is 2.62 bits per heavy atom. The zero-order chi connectivity index (χ0) is 14.9. The van der Waals surface area contributed by atoms with Gasteiger partial charge >= 0.3 is 0 Å². The first-order valence-electron chi connectivity index (χ1n) is 7.31. The predicted octanol–water partition coefficient (Wildman–Crippen LogP) is 3.47. The van der Waals surface area contributed by atoms with Crippen molar-refractivity contribution in [1.82, 2.24) is 4.98 Å². The molecule has 0 fully saturated rings. The molecular weight excluding hydrogens is 262 g/mol. The second-order valence-electron chi connectivity index (χ2n) is 4.92. The van der Waals surface area contributed by atoms with Crippen LogP contribution in [0.4, 0.5) is 11.5 Å². The van der Waals surface area contributed by atoms with Gasteiger partial charge in [0.05, 0.1) is 18.3 Å². The summed E-state index contributed by atoms with van der Waals surface area (Å²) in [6.45, 7) is 3.07. The molecular formula is C17H21N3O. The molecule has 4 nitrogen and oxygen atoms in total. The van der Waals surface area contributed by atoms with Crippen molar-refractivity contribution in [3.8, 4) is 0 Å². The monoisotopic (exact) mass is 283 g/mol. The molecule has 4 heteroatoms. The van der Waals surface area contributed by atoms with Gasteiger partial charge in [0, 0.05) is 6.54 Å². The van der Waals surface area contributed by atoms with E-state index < -0.39 is 0 Å². The lowest BCUT2D eigenvalue weighted by Crippen LogP contribution is -2.14. The van der Waals surface area contributed by atoms with E-state index in [2.05, 4.69) is 22.5 Å². The number of carbonyl (C=O) groups excluding carboxylic acids is 1. The molecule has 0 radical (unpaired) electrons. The zero-order valence-electron chi connectivity index (χ0n) is 12.3. The number of benzene rings is 1. The smallest absolute Gasteiger partial charge is 0.228 e. The van der Waals surface area contributed by atoms with Gasteiger partial charge in [0.25, 0.3) is 0 Å². The number of pyridine rings is 1. The topological polar surface area (TPSA) is 54.0 Å². The van der Waals surface area contributed by atoms with E-state index in [1.165, 1.54) is 0 Å². The van der Waals surface area contributed by atoms with Crippen LogP contribution < -0.4 is 10.6 Å². The first kappa shape index (κ1) is 15.0. The fourth-order valence-corrected chi connectivity index (χ4v) is 1.95. The van der Waals surface area contributed by atoms with Gasteiger partial charge in [0.2, 0.25) is 5.91 Å². The largest absolute Gasteiger partial charge is 0.370 e. The molecule has 0 saturated carbocycles. The van der Waals surface area contributed by atoms with Crippen molar-refractivity contribution < 1.29 is 4.79 Å². The van der Waals surface area contributed by atoms with Crippen LogP contribution in [0, 0.1) is 0 Å². The molecule has 0 aliphatic heterocycles. The fraction of sp³-hybridized carbons (Fsp3) is 0.294. The Hall–Kier alpha value is -2.36. The van der Waals surface area contributed by atoms with Gasteiger partial charge in [0.1, 0.15) is 5.82 Å². The number of unbranched alkanes of at least 4 members (excludes halogenated alkanes) is 1. The molecule has 1 aromatic heterocycles. The molecule has 0 spiro atoms. The summed E-state index contributed by atoms with van der Waals surface area (Å²) in [5.74, 6) is 0.805. The number of anilines is 2. The number of nitrogens with one attached hydrogen (secondary N) is 2. The zero-order valence-corrected chi connectivity index (χ0v) is 12.3. The van der Waals surface area contributed by atoms with Crippen LogP contribution in [0.2, 0.25) is 0 Å². The SMILES string of the molecule is CCCCNc1ccc(NC(=O)Cc2ccccc2)cn1. The van der Waals surface area contributed by atoms with Crippen LogP contribution >= 0.6 is 0 Å². The molecule has 1 heterocycles. The van der Waals surface area contributed by atoms with Crippen molar-refractivity contribution in [2.75, 3.05) is 17.2 Å². The van der Waals surface area contributed by atoms with Gasteiger partial charge in [-0.2, -0.15) is 0 Å². The number of aromatic nitrogens is 1. The van der Waals surface area contributed by atoms with E-state index in [0.717, 1.165) is 36.5 Å². The molecule has 0 saturated heterocycles. The third-order valence-corrected chi connectivity index (χ3v) is 3.09. The number of hydrogen-bond acceptors (Lipinski definition) is 3. The van der Waals surface area contributed by atoms with Gasteiger partial charge in [0.15, 0.2) is 0 Å². The number of rotatable bonds is 7. The first-order chi connectivity index (χ1) is 10.3. The van der Waals surface area contributed by atoms with E-state index in [4.69, 9.17) is 0 Å². The number of amides is 1. The van der Waals surface area contributed by atoms with Crippen LogP contribution in [0.25, 0.3) is 0 Å². The maximum absolute atomic E-state index is 11.9. The highest BCUT2D eigenvalue weighted by Gasteiger charge is 2.04. The van der Waals surface area contributed by atoms with E-state index in [1.54, 1.807) is 6.20 Å². The van der Waals surface area contributed by atoms with E-state index >= 15 is 0 Å². The molecule has 1 amide bonds. The number of carbonyl (C=O) groups is 1. The summed E-state index contributed by atoms with van der Waals surface area (Å²) in [6, 6.07) is 13.4. The summed E-state index contributed by atoms with van der Waals surface area (Å²) in [7, 11) is 0. The molecule has 110 valence electrons. The summed E-state index contributed by atoms with van der Waals surface area (Å²) >= 11 is 0. The molecule has 2 rings (SSSR count). The van der Waals surface area contributed by atoms with Crippen molar-refractivity contribution in [1.29, 1.82) is 0 Å². The Bertz CT molecular complexity index is 552. The predicted molar refractivity (Wildman–Crippen MR) is 86.4 cm³/mol. The lowest BCUT2D eigenvalue weighted by Gasteiger charge is -2.07. The molecule has 0 unspecified atom stereocenters. The summed E-state index contributed by atoms with van der Waals surface area (Å²) in [5, 5.41) is 6.10. The van der Waals surface area contributed by atoms with Crippen molar-refractivity contribution in [2.24, 2.45) is 0 Å². The van der Waals surface area contributed by atoms with E-state index in [-0.39, 0.29) is 5.91 Å². The molecule has 21 heavy (non-hydrogen) atoms. The minimum atomic E-state index is -0.0327. The van der Waals surface area contributed by atoms with Crippen LogP contribution in [0.3, 0.4) is 0 Å². The molecule has 2 N–H and O–H groups in total. The third-order valence-electron chi connectivity index (χ3n) is 3.09. The summed E-state index contributed by atoms with van der Waals surface area (Å²) < 4.78 is 0. The summed E-state index contributed by atoms with van der Waals surface area (Å²) in [5.41, 5.74) is 1.72. The second-order valence-corrected chi connectivity index (χ2v) is 4.92. The molecule has 0 atom stereocenters. The highest BCUT2D eigenvalue weighted by atomic mass is 16.1. The Morgan fingerprint density at radius 2 is 1.95 bits per heavy atom. The highest BCUT2D eigenvalue weighted by Crippen LogP contribution is 2.10. The summed E-state index contributed by atoms with van der Waals surface area (Å²) in [6.07, 6.45) is 4.33. The van der Waals surface area contributed by atoms with Gasteiger partial charge in [-0.15, -0.1) is 0 Å². The van der Waals surface area contributed by atoms with Gasteiger partial charge in [-0.3, -0.25) is 4.79 Å². The average Bonchev–Trinajstić information content (AvgIpc) is 2.50. The number of nitrogens with zero attached hydrogens (tertiary/aromatic N) is 1. The summed E-state index contributed by atoms with van der Waals surface area (Å²) in [4.78, 5) is 16.2. The Labute approximate surface area is 125 Å². The minimum Gasteiger partial charge on any atom is -0.370 e. The van der Waals surface area contributed by atoms with Crippen LogP contribution in [0.1, 0.15) is 25.3 Å². The molecule has 0 aliphatic carbocycles. The standard InChI is InChI=1S/C17H21N3O/c1-2-3-11-18-16-10-9-15(13-19-16)20-17(21)12-14-7-5-4-6-8-14/h4-10,13H,2-3,11-12H2,1H3,(H,18,19)(H,20,21). The van der Waals surface area contributed by atoms with Crippen molar-refractivity contribution in [3.63, 3.8) is 0 Å². The lowest BCUT2D eigenvalue weighted by atomic mass is 10.1. The average molecular weight is 283 g/mol. The minimum absolute atomic E-state index is 0.0327. The van der Waals surface area contributed by atoms with Crippen LogP contribution in [-0.4, -0.2) is 17.4 Å². The lowest BCUT2D eigenvalue weighted by molar-refractivity contribution is -0.115. The van der Waals surface area contributed by atoms with Crippen LogP contribution in [-0.2, 0) is 11.2 Å². The van der Waals surface area contributed by atoms with Crippen LogP contribution in [0.15, 0.2) is 48.7 Å². The first-order valence-corrected chi connectivity index (χ1v) is 7.31. The third kappa shape index (κ3) is 5.26. The number of hydrogen-bond donors (Lipinski definition) is 2. The quantitative estimate of drug-likeness (QED) is 0.765. The Morgan fingerprint density at radius 1 is 1.14 bits per heavy atom. The molecule has 0 bridgehead atoms. The van der Waals surface area contributed by atoms with E-state index in [1.807, 2.05) is 42.5 Å². The fourth-order valence-electron chi connectivity index (χ4n) is 1.95. The van der Waals surface area contributed by atoms with E-state index in [9.17, 15) is 4.79 Å². The van der Waals surface area contributed by atoms with Gasteiger partial charge < -0.3 is 10.6 Å². The molecule has 0 aliphatic rings. The van der Waals surface area contributed by atoms with Crippen molar-refractivity contribution in [3.05, 3.63) is 54.2 Å². The highest BCUT2D eigenvalue weighted by molar-refractivity contribution is 5.92. The Kier molecular flexibility index (Phi) is 5.76. The second kappa shape index (κ2) is 8.04. The maximum Gasteiger partial charge on any atom is 0.228 e. The van der Waals surface area contributed by atoms with Gasteiger partial charge in [-0.25, -0.2) is 4.98 Å². The Balaban J connectivity index is 1.83. The molecule has 2 aromatic rings. The van der Waals surface area contributed by atoms with Crippen molar-refractivity contribution >= 4 is 17.4 Å². The van der Waals surface area contributed by atoms with E-state index in [0.29, 0.717) is 6.42 Å². The van der Waals surface area contributed by atoms with Gasteiger partial charge in [-0.1, -0.05) is 43.7 Å². The maximum atomic E-state index is 11.9. The van der Waals surface area contributed by atoms with Gasteiger partial charge in [-0.05, 0) is 24.1 Å².